The Labute approximate surface area is 212 Å². The lowest BCUT2D eigenvalue weighted by Crippen LogP contribution is -2.56. The SMILES string of the molecule is CCN(Cc1ccncc1)C(=O)[C@@H]1CCN(C(=O)c2cccnc2-c2ccccc2C)[C@@H]2CCO[C@@H]21. The van der Waals surface area contributed by atoms with Crippen molar-refractivity contribution in [2.45, 2.75) is 45.4 Å². The fraction of sp³-hybridized carbons (Fsp3) is 0.379. The summed E-state index contributed by atoms with van der Waals surface area (Å²) in [5, 5.41) is 0. The summed E-state index contributed by atoms with van der Waals surface area (Å²) in [5.74, 6) is -0.203. The fourth-order valence-electron chi connectivity index (χ4n) is 5.52. The Morgan fingerprint density at radius 3 is 2.64 bits per heavy atom. The number of aryl methyl sites for hydroxylation is 1. The maximum atomic E-state index is 13.9. The minimum absolute atomic E-state index is 0.0446. The Hall–Kier alpha value is -3.58. The number of aromatic nitrogens is 2. The molecule has 36 heavy (non-hydrogen) atoms. The summed E-state index contributed by atoms with van der Waals surface area (Å²) in [6.07, 6.45) is 6.25. The van der Waals surface area contributed by atoms with Crippen LogP contribution in [0, 0.1) is 12.8 Å². The van der Waals surface area contributed by atoms with Gasteiger partial charge in [0.05, 0.1) is 29.3 Å². The van der Waals surface area contributed by atoms with Crippen LogP contribution < -0.4 is 0 Å². The molecule has 0 N–H and O–H groups in total. The van der Waals surface area contributed by atoms with Crippen LogP contribution in [-0.4, -0.2) is 63.4 Å². The standard InChI is InChI=1S/C29H32N4O3/c1-3-32(19-21-10-15-30-16-11-21)28(34)24-12-17-33(25-13-18-36-27(24)25)29(35)23-9-6-14-31-26(23)22-8-5-4-7-20(22)2/h4-11,14-16,24-25,27H,3,12-13,17-19H2,1-2H3/t24-,25-,27-/m1/s1. The summed E-state index contributed by atoms with van der Waals surface area (Å²) in [4.78, 5) is 40.0. The van der Waals surface area contributed by atoms with Crippen molar-refractivity contribution in [1.29, 1.82) is 0 Å². The van der Waals surface area contributed by atoms with Crippen LogP contribution in [-0.2, 0) is 16.1 Å². The molecule has 1 aromatic carbocycles. The Kier molecular flexibility index (Phi) is 7.09. The first-order chi connectivity index (χ1) is 17.6. The van der Waals surface area contributed by atoms with E-state index in [-0.39, 0.29) is 29.9 Å². The monoisotopic (exact) mass is 484 g/mol. The molecular formula is C29H32N4O3. The second-order valence-electron chi connectivity index (χ2n) is 9.51. The van der Waals surface area contributed by atoms with Gasteiger partial charge in [0, 0.05) is 50.4 Å². The van der Waals surface area contributed by atoms with Crippen molar-refractivity contribution in [3.05, 3.63) is 83.8 Å². The average Bonchev–Trinajstić information content (AvgIpc) is 3.41. The van der Waals surface area contributed by atoms with Crippen LogP contribution in [0.5, 0.6) is 0 Å². The summed E-state index contributed by atoms with van der Waals surface area (Å²) < 4.78 is 6.12. The van der Waals surface area contributed by atoms with E-state index in [4.69, 9.17) is 4.74 Å². The van der Waals surface area contributed by atoms with Crippen molar-refractivity contribution < 1.29 is 14.3 Å². The molecule has 7 heteroatoms. The average molecular weight is 485 g/mol. The van der Waals surface area contributed by atoms with Gasteiger partial charge in [-0.1, -0.05) is 24.3 Å². The van der Waals surface area contributed by atoms with Gasteiger partial charge in [0.2, 0.25) is 5.91 Å². The normalized spacial score (nSPS) is 21.2. The molecule has 3 aromatic rings. The summed E-state index contributed by atoms with van der Waals surface area (Å²) >= 11 is 0. The van der Waals surface area contributed by atoms with Crippen LogP contribution in [0.3, 0.4) is 0 Å². The van der Waals surface area contributed by atoms with Gasteiger partial charge in [-0.15, -0.1) is 0 Å². The van der Waals surface area contributed by atoms with E-state index in [1.807, 2.05) is 72.2 Å². The Morgan fingerprint density at radius 2 is 1.86 bits per heavy atom. The highest BCUT2D eigenvalue weighted by Gasteiger charge is 2.48. The van der Waals surface area contributed by atoms with E-state index in [9.17, 15) is 9.59 Å². The molecule has 2 aromatic heterocycles. The number of hydrogen-bond acceptors (Lipinski definition) is 5. The third kappa shape index (κ3) is 4.63. The first kappa shape index (κ1) is 24.1. The quantitative estimate of drug-likeness (QED) is 0.526. The Bertz CT molecular complexity index is 1230. The van der Waals surface area contributed by atoms with Gasteiger partial charge in [-0.05, 0) is 62.1 Å². The molecule has 2 aliphatic rings. The summed E-state index contributed by atoms with van der Waals surface area (Å²) in [6, 6.07) is 15.4. The third-order valence-corrected chi connectivity index (χ3v) is 7.41. The molecular weight excluding hydrogens is 452 g/mol. The molecule has 3 atom stereocenters. The molecule has 0 saturated carbocycles. The number of rotatable bonds is 6. The van der Waals surface area contributed by atoms with Gasteiger partial charge in [0.25, 0.3) is 5.91 Å². The summed E-state index contributed by atoms with van der Waals surface area (Å²) in [5.41, 5.74) is 4.38. The minimum atomic E-state index is -0.291. The van der Waals surface area contributed by atoms with Crippen LogP contribution in [0.2, 0.25) is 0 Å². The van der Waals surface area contributed by atoms with Crippen LogP contribution in [0.1, 0.15) is 41.3 Å². The fourth-order valence-corrected chi connectivity index (χ4v) is 5.52. The van der Waals surface area contributed by atoms with E-state index in [1.165, 1.54) is 0 Å². The highest BCUT2D eigenvalue weighted by atomic mass is 16.5. The Balaban J connectivity index is 1.37. The predicted octanol–water partition coefficient (Wildman–Crippen LogP) is 4.12. The van der Waals surface area contributed by atoms with Gasteiger partial charge in [-0.2, -0.15) is 0 Å². The van der Waals surface area contributed by atoms with Crippen LogP contribution >= 0.6 is 0 Å². The molecule has 0 aliphatic carbocycles. The highest BCUT2D eigenvalue weighted by molar-refractivity contribution is 6.00. The molecule has 0 radical (unpaired) electrons. The lowest BCUT2D eigenvalue weighted by molar-refractivity contribution is -0.144. The molecule has 2 aliphatic heterocycles. The molecule has 7 nitrogen and oxygen atoms in total. The summed E-state index contributed by atoms with van der Waals surface area (Å²) in [6.45, 7) is 6.27. The molecule has 2 amide bonds. The van der Waals surface area contributed by atoms with Crippen LogP contribution in [0.25, 0.3) is 11.3 Å². The smallest absolute Gasteiger partial charge is 0.256 e. The second kappa shape index (κ2) is 10.6. The molecule has 186 valence electrons. The largest absolute Gasteiger partial charge is 0.375 e. The van der Waals surface area contributed by atoms with Crippen molar-refractivity contribution in [3.63, 3.8) is 0 Å². The van der Waals surface area contributed by atoms with E-state index >= 15 is 0 Å². The van der Waals surface area contributed by atoms with Gasteiger partial charge in [0.1, 0.15) is 0 Å². The molecule has 2 saturated heterocycles. The van der Waals surface area contributed by atoms with E-state index in [0.717, 1.165) is 23.1 Å². The van der Waals surface area contributed by atoms with E-state index < -0.39 is 0 Å². The third-order valence-electron chi connectivity index (χ3n) is 7.41. The zero-order valence-electron chi connectivity index (χ0n) is 20.8. The number of carbonyl (C=O) groups is 2. The van der Waals surface area contributed by atoms with Crippen molar-refractivity contribution in [1.82, 2.24) is 19.8 Å². The Morgan fingerprint density at radius 1 is 1.06 bits per heavy atom. The number of ether oxygens (including phenoxy) is 1. The lowest BCUT2D eigenvalue weighted by Gasteiger charge is -2.42. The van der Waals surface area contributed by atoms with E-state index in [1.54, 1.807) is 18.6 Å². The predicted molar refractivity (Wildman–Crippen MR) is 137 cm³/mol. The maximum absolute atomic E-state index is 13.9. The molecule has 0 unspecified atom stereocenters. The van der Waals surface area contributed by atoms with Crippen molar-refractivity contribution >= 4 is 11.8 Å². The minimum Gasteiger partial charge on any atom is -0.375 e. The number of carbonyl (C=O) groups excluding carboxylic acids is 2. The second-order valence-corrected chi connectivity index (χ2v) is 9.51. The molecule has 4 heterocycles. The molecule has 2 fully saturated rings. The van der Waals surface area contributed by atoms with Gasteiger partial charge in [-0.3, -0.25) is 19.6 Å². The van der Waals surface area contributed by atoms with Gasteiger partial charge in [0.15, 0.2) is 0 Å². The number of hydrogen-bond donors (Lipinski definition) is 0. The lowest BCUT2D eigenvalue weighted by atomic mass is 9.85. The first-order valence-electron chi connectivity index (χ1n) is 12.7. The topological polar surface area (TPSA) is 75.6 Å². The van der Waals surface area contributed by atoms with Crippen molar-refractivity contribution in [2.24, 2.45) is 5.92 Å². The molecule has 5 rings (SSSR count). The van der Waals surface area contributed by atoms with E-state index in [2.05, 4.69) is 9.97 Å². The van der Waals surface area contributed by atoms with Gasteiger partial charge < -0.3 is 14.5 Å². The van der Waals surface area contributed by atoms with Crippen LogP contribution in [0.15, 0.2) is 67.1 Å². The zero-order chi connectivity index (χ0) is 25.1. The maximum Gasteiger partial charge on any atom is 0.256 e. The van der Waals surface area contributed by atoms with Crippen LogP contribution in [0.4, 0.5) is 0 Å². The number of amides is 2. The van der Waals surface area contributed by atoms with E-state index in [0.29, 0.717) is 43.9 Å². The number of piperidine rings is 1. The number of fused-ring (bicyclic) bond motifs is 1. The van der Waals surface area contributed by atoms with Gasteiger partial charge in [-0.25, -0.2) is 0 Å². The zero-order valence-corrected chi connectivity index (χ0v) is 20.8. The summed E-state index contributed by atoms with van der Waals surface area (Å²) in [7, 11) is 0. The number of likely N-dealkylation sites (tertiary alicyclic amines) is 1. The highest BCUT2D eigenvalue weighted by Crippen LogP contribution is 2.36. The first-order valence-corrected chi connectivity index (χ1v) is 12.7. The molecule has 0 bridgehead atoms. The number of pyridine rings is 2. The van der Waals surface area contributed by atoms with Crippen molar-refractivity contribution in [2.75, 3.05) is 19.7 Å². The van der Waals surface area contributed by atoms with Gasteiger partial charge >= 0.3 is 0 Å². The van der Waals surface area contributed by atoms with Crippen molar-refractivity contribution in [3.8, 4) is 11.3 Å². The molecule has 0 spiro atoms. The number of nitrogens with zero attached hydrogens (tertiary/aromatic N) is 4. The number of benzene rings is 1.